The number of hydrogen-bond acceptors (Lipinski definition) is 10. The molecule has 6 N–H and O–H groups in total. The van der Waals surface area contributed by atoms with Gasteiger partial charge in [-0.3, -0.25) is 9.59 Å². The maximum absolute atomic E-state index is 13.4. The minimum absolute atomic E-state index is 0.0547. The molecule has 82 heavy (non-hydrogen) atoms. The maximum Gasteiger partial charge on any atom is 0.306 e. The molecule has 1 rings (SSSR count). The van der Waals surface area contributed by atoms with Gasteiger partial charge in [0.1, 0.15) is 24.4 Å². The second-order valence-corrected chi connectivity index (χ2v) is 22.8. The number of aliphatic hydroxyl groups is 5. The second kappa shape index (κ2) is 58.0. The van der Waals surface area contributed by atoms with E-state index < -0.39 is 67.4 Å². The molecule has 1 heterocycles. The molecule has 0 aromatic rings. The summed E-state index contributed by atoms with van der Waals surface area (Å²) in [7, 11) is 0. The lowest BCUT2D eigenvalue weighted by atomic mass is 9.99. The molecule has 0 saturated carbocycles. The number of carbonyl (C=O) groups is 2. The van der Waals surface area contributed by atoms with Gasteiger partial charge in [0.15, 0.2) is 12.4 Å². The topological polar surface area (TPSA) is 175 Å². The summed E-state index contributed by atoms with van der Waals surface area (Å²) in [6, 6.07) is -1.07. The number of ether oxygens (including phenoxy) is 3. The molecule has 0 spiro atoms. The Bertz CT molecular complexity index is 1700. The molecule has 1 saturated heterocycles. The van der Waals surface area contributed by atoms with E-state index in [0.29, 0.717) is 12.8 Å². The van der Waals surface area contributed by atoms with Gasteiger partial charge in [0, 0.05) is 12.8 Å². The Balaban J connectivity index is 2.65. The molecule has 8 atom stereocenters. The Labute approximate surface area is 501 Å². The quantitative estimate of drug-likeness (QED) is 0.0195. The minimum atomic E-state index is -1.63. The summed E-state index contributed by atoms with van der Waals surface area (Å²) >= 11 is 0. The largest absolute Gasteiger partial charge is 0.454 e. The van der Waals surface area contributed by atoms with Crippen molar-refractivity contribution < 1.29 is 49.3 Å². The first-order valence-corrected chi connectivity index (χ1v) is 33.5. The van der Waals surface area contributed by atoms with Gasteiger partial charge < -0.3 is 45.1 Å². The van der Waals surface area contributed by atoms with Gasteiger partial charge in [-0.25, -0.2) is 0 Å². The summed E-state index contributed by atoms with van der Waals surface area (Å²) in [6.07, 6.45) is 67.5. The summed E-state index contributed by atoms with van der Waals surface area (Å²) in [6.45, 7) is 5.64. The highest BCUT2D eigenvalue weighted by Gasteiger charge is 2.47. The summed E-state index contributed by atoms with van der Waals surface area (Å²) in [5.74, 6) is -1.28. The average Bonchev–Trinajstić information content (AvgIpc) is 3.68. The monoisotopic (exact) mass is 1150 g/mol. The molecule has 0 radical (unpaired) electrons. The lowest BCUT2D eigenvalue weighted by Gasteiger charge is -2.41. The molecule has 0 aromatic heterocycles. The van der Waals surface area contributed by atoms with E-state index in [1.165, 1.54) is 154 Å². The number of unbranched alkanes of at least 4 members (excludes halogenated alkanes) is 29. The van der Waals surface area contributed by atoms with Crippen molar-refractivity contribution in [3.63, 3.8) is 0 Å². The van der Waals surface area contributed by atoms with Crippen molar-refractivity contribution in [3.05, 3.63) is 97.2 Å². The molecule has 1 fully saturated rings. The molecule has 472 valence electrons. The number of allylic oxidation sites excluding steroid dienone is 14. The van der Waals surface area contributed by atoms with Crippen LogP contribution in [-0.2, 0) is 23.8 Å². The third-order valence-corrected chi connectivity index (χ3v) is 15.2. The molecule has 1 aliphatic heterocycles. The molecule has 11 heteroatoms. The molecular formula is C71H123NO10. The Morgan fingerprint density at radius 3 is 1.30 bits per heavy atom. The summed E-state index contributed by atoms with van der Waals surface area (Å²) in [4.78, 5) is 26.6. The van der Waals surface area contributed by atoms with Crippen LogP contribution in [0, 0.1) is 0 Å². The van der Waals surface area contributed by atoms with Crippen LogP contribution < -0.4 is 5.32 Å². The molecule has 11 nitrogen and oxygen atoms in total. The Hall–Kier alpha value is -3.42. The van der Waals surface area contributed by atoms with Crippen molar-refractivity contribution in [2.24, 2.45) is 0 Å². The Morgan fingerprint density at radius 2 is 0.878 bits per heavy atom. The highest BCUT2D eigenvalue weighted by atomic mass is 16.7. The fourth-order valence-corrected chi connectivity index (χ4v) is 9.96. The lowest BCUT2D eigenvalue weighted by Crippen LogP contribution is -2.61. The predicted molar refractivity (Wildman–Crippen MR) is 342 cm³/mol. The maximum atomic E-state index is 13.4. The molecular weight excluding hydrogens is 1030 g/mol. The van der Waals surface area contributed by atoms with Gasteiger partial charge in [-0.1, -0.05) is 279 Å². The minimum Gasteiger partial charge on any atom is -0.454 e. The SMILES string of the molecule is CC/C=C\C/C=C\C/C=C\C/C=C\C/C=C\C/C=C\CC(O)C(=O)NC(COC1OC(CO)C(O)C(O)C1OC(=O)CCCCCCCCCCCCCCC/C=C/CCCCCCCC)C(O)/C=C/CCCCCCCCCCCC. The van der Waals surface area contributed by atoms with Crippen molar-refractivity contribution in [2.45, 2.75) is 327 Å². The highest BCUT2D eigenvalue weighted by molar-refractivity contribution is 5.81. The van der Waals surface area contributed by atoms with Crippen molar-refractivity contribution >= 4 is 11.9 Å². The Kier molecular flexibility index (Phi) is 54.2. The number of aliphatic hydroxyl groups excluding tert-OH is 5. The van der Waals surface area contributed by atoms with E-state index in [2.05, 4.69) is 92.9 Å². The molecule has 0 bridgehead atoms. The highest BCUT2D eigenvalue weighted by Crippen LogP contribution is 2.26. The van der Waals surface area contributed by atoms with E-state index in [1.807, 2.05) is 18.2 Å². The van der Waals surface area contributed by atoms with Crippen molar-refractivity contribution in [3.8, 4) is 0 Å². The van der Waals surface area contributed by atoms with Crippen LogP contribution in [0.5, 0.6) is 0 Å². The smallest absolute Gasteiger partial charge is 0.306 e. The van der Waals surface area contributed by atoms with Gasteiger partial charge in [0.25, 0.3) is 0 Å². The normalized spacial score (nSPS) is 19.2. The zero-order valence-electron chi connectivity index (χ0n) is 52.3. The third-order valence-electron chi connectivity index (χ3n) is 15.2. The van der Waals surface area contributed by atoms with E-state index in [4.69, 9.17) is 14.2 Å². The second-order valence-electron chi connectivity index (χ2n) is 22.8. The standard InChI is InChI=1S/C71H123NO10/c1-4-7-10-13-16-19-22-25-27-29-31-32-33-34-35-37-39-41-44-47-50-53-56-59-66(76)82-69-68(78)67(77)65(60-73)81-71(69)80-61-62(63(74)57-54-51-48-45-42-24-21-18-15-12-9-6-3)72-70(79)64(75)58-55-52-49-46-43-40-38-36-30-28-26-23-20-17-14-11-8-5-2/h8,11,17,20,25-28,36,38,43,46,52,54-55,57,62-65,67-69,71,73-75,77-78H,4-7,9-10,12-16,18-19,21-24,29-35,37,39-42,44-45,47-51,53,56,58-61H2,1-3H3,(H,72,79)/b11-8-,20-17-,27-25+,28-26-,38-36-,46-43-,55-52-,57-54+. The van der Waals surface area contributed by atoms with Gasteiger partial charge in [-0.05, 0) is 83.5 Å². The fourth-order valence-electron chi connectivity index (χ4n) is 9.96. The van der Waals surface area contributed by atoms with Crippen LogP contribution in [-0.4, -0.2) is 99.6 Å². The molecule has 1 aliphatic rings. The summed E-state index contributed by atoms with van der Waals surface area (Å²) < 4.78 is 17.6. The van der Waals surface area contributed by atoms with E-state index >= 15 is 0 Å². The van der Waals surface area contributed by atoms with E-state index in [9.17, 15) is 35.1 Å². The van der Waals surface area contributed by atoms with Gasteiger partial charge in [0.05, 0.1) is 25.4 Å². The number of carbonyl (C=O) groups excluding carboxylic acids is 2. The van der Waals surface area contributed by atoms with Gasteiger partial charge in [-0.2, -0.15) is 0 Å². The van der Waals surface area contributed by atoms with Gasteiger partial charge in [0.2, 0.25) is 5.91 Å². The predicted octanol–water partition coefficient (Wildman–Crippen LogP) is 16.7. The van der Waals surface area contributed by atoms with Crippen LogP contribution in [0.3, 0.4) is 0 Å². The van der Waals surface area contributed by atoms with Gasteiger partial charge >= 0.3 is 5.97 Å². The van der Waals surface area contributed by atoms with Crippen LogP contribution in [0.4, 0.5) is 0 Å². The first kappa shape index (κ1) is 76.6. The number of hydrogen-bond donors (Lipinski definition) is 6. The summed E-state index contributed by atoms with van der Waals surface area (Å²) in [5.41, 5.74) is 0. The van der Waals surface area contributed by atoms with E-state index in [1.54, 1.807) is 12.2 Å². The molecule has 0 aromatic carbocycles. The van der Waals surface area contributed by atoms with Crippen molar-refractivity contribution in [1.29, 1.82) is 0 Å². The van der Waals surface area contributed by atoms with E-state index in [-0.39, 0.29) is 19.4 Å². The van der Waals surface area contributed by atoms with Gasteiger partial charge in [-0.15, -0.1) is 0 Å². The van der Waals surface area contributed by atoms with E-state index in [0.717, 1.165) is 77.0 Å². The van der Waals surface area contributed by atoms with Crippen LogP contribution in [0.25, 0.3) is 0 Å². The summed E-state index contributed by atoms with van der Waals surface area (Å²) in [5, 5.41) is 57.0. The zero-order valence-corrected chi connectivity index (χ0v) is 52.3. The number of amides is 1. The fraction of sp³-hybridized carbons (Fsp3) is 0.746. The third kappa shape index (κ3) is 45.0. The number of rotatable bonds is 56. The van der Waals surface area contributed by atoms with Crippen LogP contribution >= 0.6 is 0 Å². The first-order chi connectivity index (χ1) is 40.2. The lowest BCUT2D eigenvalue weighted by molar-refractivity contribution is -0.305. The molecule has 8 unspecified atom stereocenters. The van der Waals surface area contributed by atoms with Crippen LogP contribution in [0.1, 0.15) is 278 Å². The van der Waals surface area contributed by atoms with Crippen LogP contribution in [0.15, 0.2) is 97.2 Å². The number of nitrogens with one attached hydrogen (secondary N) is 1. The van der Waals surface area contributed by atoms with Crippen molar-refractivity contribution in [2.75, 3.05) is 13.2 Å². The molecule has 1 amide bonds. The average molecular weight is 1150 g/mol. The first-order valence-electron chi connectivity index (χ1n) is 33.5. The molecule has 0 aliphatic carbocycles. The van der Waals surface area contributed by atoms with Crippen LogP contribution in [0.2, 0.25) is 0 Å². The van der Waals surface area contributed by atoms with Crippen molar-refractivity contribution in [1.82, 2.24) is 5.32 Å². The number of esters is 1. The zero-order chi connectivity index (χ0) is 59.6. The Morgan fingerprint density at radius 1 is 0.488 bits per heavy atom.